The molecule has 0 aliphatic rings. The van der Waals surface area contributed by atoms with Gasteiger partial charge in [-0.05, 0) is 24.7 Å². The molecule has 18 heavy (non-hydrogen) atoms. The molecule has 1 aromatic rings. The summed E-state index contributed by atoms with van der Waals surface area (Å²) in [5, 5.41) is 15.9. The van der Waals surface area contributed by atoms with Crippen molar-refractivity contribution in [3.63, 3.8) is 0 Å². The fourth-order valence-corrected chi connectivity index (χ4v) is 2.03. The predicted molar refractivity (Wildman–Crippen MR) is 70.2 cm³/mol. The molecule has 1 heterocycles. The standard InChI is InChI=1S/C13H23N3O2/c1-10(2)6-11(4-5-17)7-14-13(18)12-8-15-16(3)9-12/h8-11,17H,4-7H2,1-3H3,(H,14,18). The lowest BCUT2D eigenvalue weighted by molar-refractivity contribution is 0.0941. The average molecular weight is 253 g/mol. The number of amides is 1. The van der Waals surface area contributed by atoms with Crippen molar-refractivity contribution < 1.29 is 9.90 Å². The van der Waals surface area contributed by atoms with Crippen molar-refractivity contribution in [2.75, 3.05) is 13.2 Å². The molecule has 0 bridgehead atoms. The SMILES string of the molecule is CC(C)CC(CCO)CNC(=O)c1cnn(C)c1. The smallest absolute Gasteiger partial charge is 0.254 e. The first-order valence-corrected chi connectivity index (χ1v) is 6.40. The quantitative estimate of drug-likeness (QED) is 0.767. The Kier molecular flexibility index (Phi) is 5.85. The molecule has 1 atom stereocenters. The van der Waals surface area contributed by atoms with Gasteiger partial charge in [0.25, 0.3) is 5.91 Å². The van der Waals surface area contributed by atoms with Crippen LogP contribution in [0.3, 0.4) is 0 Å². The van der Waals surface area contributed by atoms with E-state index in [4.69, 9.17) is 5.11 Å². The van der Waals surface area contributed by atoms with E-state index in [0.717, 1.165) is 12.8 Å². The largest absolute Gasteiger partial charge is 0.396 e. The van der Waals surface area contributed by atoms with E-state index in [1.165, 1.54) is 0 Å². The van der Waals surface area contributed by atoms with E-state index in [1.807, 2.05) is 0 Å². The Bertz CT molecular complexity index is 374. The number of aliphatic hydroxyl groups is 1. The third kappa shape index (κ3) is 4.87. The van der Waals surface area contributed by atoms with E-state index >= 15 is 0 Å². The summed E-state index contributed by atoms with van der Waals surface area (Å²) in [5.74, 6) is 0.794. The molecular formula is C13H23N3O2. The Morgan fingerprint density at radius 1 is 1.56 bits per heavy atom. The maximum absolute atomic E-state index is 11.8. The van der Waals surface area contributed by atoms with Crippen LogP contribution >= 0.6 is 0 Å². The number of carbonyl (C=O) groups is 1. The molecule has 0 saturated carbocycles. The van der Waals surface area contributed by atoms with Crippen LogP contribution in [-0.2, 0) is 7.05 Å². The summed E-state index contributed by atoms with van der Waals surface area (Å²) < 4.78 is 1.61. The van der Waals surface area contributed by atoms with E-state index in [9.17, 15) is 4.79 Å². The summed E-state index contributed by atoms with van der Waals surface area (Å²) >= 11 is 0. The molecule has 0 radical (unpaired) electrons. The van der Waals surface area contributed by atoms with Crippen LogP contribution in [0, 0.1) is 11.8 Å². The van der Waals surface area contributed by atoms with Gasteiger partial charge >= 0.3 is 0 Å². The number of aliphatic hydroxyl groups excluding tert-OH is 1. The van der Waals surface area contributed by atoms with Crippen molar-refractivity contribution in [2.45, 2.75) is 26.7 Å². The topological polar surface area (TPSA) is 67.2 Å². The number of hydrogen-bond donors (Lipinski definition) is 2. The lowest BCUT2D eigenvalue weighted by Gasteiger charge is -2.18. The summed E-state index contributed by atoms with van der Waals surface area (Å²) in [6.45, 7) is 5.06. The van der Waals surface area contributed by atoms with Gasteiger partial charge in [-0.3, -0.25) is 9.48 Å². The maximum Gasteiger partial charge on any atom is 0.254 e. The molecular weight excluding hydrogens is 230 g/mol. The lowest BCUT2D eigenvalue weighted by atomic mass is 9.94. The van der Waals surface area contributed by atoms with Crippen LogP contribution in [0.1, 0.15) is 37.0 Å². The summed E-state index contributed by atoms with van der Waals surface area (Å²) in [5.41, 5.74) is 0.574. The molecule has 0 aliphatic heterocycles. The minimum atomic E-state index is -0.102. The Balaban J connectivity index is 2.43. The van der Waals surface area contributed by atoms with Crippen molar-refractivity contribution >= 4 is 5.91 Å². The van der Waals surface area contributed by atoms with Gasteiger partial charge in [-0.1, -0.05) is 13.8 Å². The molecule has 2 N–H and O–H groups in total. The van der Waals surface area contributed by atoms with Gasteiger partial charge in [0.15, 0.2) is 0 Å². The van der Waals surface area contributed by atoms with Gasteiger partial charge in [-0.15, -0.1) is 0 Å². The third-order valence-corrected chi connectivity index (χ3v) is 2.86. The fourth-order valence-electron chi connectivity index (χ4n) is 2.03. The molecule has 0 aromatic carbocycles. The molecule has 1 rings (SSSR count). The molecule has 0 aliphatic carbocycles. The van der Waals surface area contributed by atoms with Gasteiger partial charge in [-0.2, -0.15) is 5.10 Å². The van der Waals surface area contributed by atoms with Crippen LogP contribution in [0.25, 0.3) is 0 Å². The van der Waals surface area contributed by atoms with Gasteiger partial charge in [0.05, 0.1) is 11.8 Å². The molecule has 0 fully saturated rings. The van der Waals surface area contributed by atoms with E-state index in [-0.39, 0.29) is 12.5 Å². The number of rotatable bonds is 7. The van der Waals surface area contributed by atoms with Gasteiger partial charge in [0.2, 0.25) is 0 Å². The Morgan fingerprint density at radius 2 is 2.28 bits per heavy atom. The molecule has 1 unspecified atom stereocenters. The summed E-state index contributed by atoms with van der Waals surface area (Å²) in [4.78, 5) is 11.8. The molecule has 5 heteroatoms. The first-order valence-electron chi connectivity index (χ1n) is 6.40. The van der Waals surface area contributed by atoms with Gasteiger partial charge in [0.1, 0.15) is 0 Å². The Morgan fingerprint density at radius 3 is 2.78 bits per heavy atom. The van der Waals surface area contributed by atoms with Crippen LogP contribution in [0.15, 0.2) is 12.4 Å². The summed E-state index contributed by atoms with van der Waals surface area (Å²) in [7, 11) is 1.78. The monoisotopic (exact) mass is 253 g/mol. The van der Waals surface area contributed by atoms with Gasteiger partial charge < -0.3 is 10.4 Å². The lowest BCUT2D eigenvalue weighted by Crippen LogP contribution is -2.30. The van der Waals surface area contributed by atoms with E-state index in [2.05, 4.69) is 24.3 Å². The second-order valence-corrected chi connectivity index (χ2v) is 5.12. The molecule has 102 valence electrons. The van der Waals surface area contributed by atoms with Crippen molar-refractivity contribution in [1.82, 2.24) is 15.1 Å². The fraction of sp³-hybridized carbons (Fsp3) is 0.692. The number of carbonyl (C=O) groups excluding carboxylic acids is 1. The number of aromatic nitrogens is 2. The van der Waals surface area contributed by atoms with Gasteiger partial charge in [0, 0.05) is 26.4 Å². The third-order valence-electron chi connectivity index (χ3n) is 2.86. The normalized spacial score (nSPS) is 12.7. The van der Waals surface area contributed by atoms with Crippen molar-refractivity contribution in [2.24, 2.45) is 18.9 Å². The predicted octanol–water partition coefficient (Wildman–Crippen LogP) is 1.19. The van der Waals surface area contributed by atoms with E-state index in [0.29, 0.717) is 23.9 Å². The van der Waals surface area contributed by atoms with Crippen molar-refractivity contribution in [3.05, 3.63) is 18.0 Å². The molecule has 0 spiro atoms. The van der Waals surface area contributed by atoms with Crippen LogP contribution in [0.5, 0.6) is 0 Å². The molecule has 1 amide bonds. The average Bonchev–Trinajstić information content (AvgIpc) is 2.72. The highest BCUT2D eigenvalue weighted by molar-refractivity contribution is 5.93. The maximum atomic E-state index is 11.8. The zero-order chi connectivity index (χ0) is 13.5. The van der Waals surface area contributed by atoms with E-state index in [1.54, 1.807) is 24.1 Å². The first-order chi connectivity index (χ1) is 8.52. The minimum absolute atomic E-state index is 0.102. The zero-order valence-corrected chi connectivity index (χ0v) is 11.4. The van der Waals surface area contributed by atoms with Crippen LogP contribution in [0.2, 0.25) is 0 Å². The minimum Gasteiger partial charge on any atom is -0.396 e. The molecule has 1 aromatic heterocycles. The van der Waals surface area contributed by atoms with Crippen molar-refractivity contribution in [1.29, 1.82) is 0 Å². The van der Waals surface area contributed by atoms with Crippen LogP contribution in [0.4, 0.5) is 0 Å². The Labute approximate surface area is 108 Å². The Hall–Kier alpha value is -1.36. The van der Waals surface area contributed by atoms with Crippen LogP contribution in [-0.4, -0.2) is 33.9 Å². The highest BCUT2D eigenvalue weighted by Gasteiger charge is 2.13. The second-order valence-electron chi connectivity index (χ2n) is 5.12. The number of aryl methyl sites for hydroxylation is 1. The molecule has 5 nitrogen and oxygen atoms in total. The second kappa shape index (κ2) is 7.16. The number of nitrogens with one attached hydrogen (secondary N) is 1. The highest BCUT2D eigenvalue weighted by Crippen LogP contribution is 2.14. The van der Waals surface area contributed by atoms with Gasteiger partial charge in [-0.25, -0.2) is 0 Å². The number of nitrogens with zero attached hydrogens (tertiary/aromatic N) is 2. The zero-order valence-electron chi connectivity index (χ0n) is 11.4. The van der Waals surface area contributed by atoms with Crippen molar-refractivity contribution in [3.8, 4) is 0 Å². The first kappa shape index (κ1) is 14.7. The summed E-state index contributed by atoms with van der Waals surface area (Å²) in [6.07, 6.45) is 4.98. The van der Waals surface area contributed by atoms with E-state index < -0.39 is 0 Å². The number of hydrogen-bond acceptors (Lipinski definition) is 3. The molecule has 0 saturated heterocycles. The summed E-state index contributed by atoms with van der Waals surface area (Å²) in [6, 6.07) is 0. The van der Waals surface area contributed by atoms with Crippen LogP contribution < -0.4 is 5.32 Å². The highest BCUT2D eigenvalue weighted by atomic mass is 16.3.